The summed E-state index contributed by atoms with van der Waals surface area (Å²) in [7, 11) is 1.72. The van der Waals surface area contributed by atoms with E-state index in [4.69, 9.17) is 4.74 Å². The van der Waals surface area contributed by atoms with Gasteiger partial charge in [0.2, 0.25) is 0 Å². The second-order valence-electron chi connectivity index (χ2n) is 9.17. The van der Waals surface area contributed by atoms with E-state index in [1.807, 2.05) is 15.5 Å². The van der Waals surface area contributed by atoms with Crippen LogP contribution >= 0.6 is 0 Å². The molecule has 0 spiro atoms. The highest BCUT2D eigenvalue weighted by Crippen LogP contribution is 2.38. The number of nitriles is 1. The highest BCUT2D eigenvalue weighted by Gasteiger charge is 2.42. The lowest BCUT2D eigenvalue weighted by molar-refractivity contribution is -0.127. The third kappa shape index (κ3) is 4.03. The Kier molecular flexibility index (Phi) is 6.58. The number of hydrogen-bond acceptors (Lipinski definition) is 6. The molecule has 2 aromatic rings. The molecule has 0 bridgehead atoms. The summed E-state index contributed by atoms with van der Waals surface area (Å²) in [4.78, 5) is 26.5. The lowest BCUT2D eigenvalue weighted by atomic mass is 9.91. The molecule has 2 aliphatic rings. The zero-order valence-electron chi connectivity index (χ0n) is 19.3. The lowest BCUT2D eigenvalue weighted by Gasteiger charge is -2.42. The average Bonchev–Trinajstić information content (AvgIpc) is 3.45. The Morgan fingerprint density at radius 2 is 2.03 bits per heavy atom. The van der Waals surface area contributed by atoms with Crippen LogP contribution in [0.15, 0.2) is 30.4 Å². The third-order valence-electron chi connectivity index (χ3n) is 6.83. The average molecular weight is 437 g/mol. The van der Waals surface area contributed by atoms with E-state index in [0.717, 1.165) is 49.7 Å². The summed E-state index contributed by atoms with van der Waals surface area (Å²) in [5, 5.41) is 10.3. The normalized spacial score (nSPS) is 20.9. The summed E-state index contributed by atoms with van der Waals surface area (Å²) in [6.07, 6.45) is 10.3. The molecule has 1 atom stereocenters. The van der Waals surface area contributed by atoms with Gasteiger partial charge in [0.1, 0.15) is 23.5 Å². The smallest absolute Gasteiger partial charge is 0.266 e. The molecule has 2 saturated heterocycles. The van der Waals surface area contributed by atoms with Crippen LogP contribution in [0.1, 0.15) is 46.0 Å². The van der Waals surface area contributed by atoms with Crippen molar-refractivity contribution in [2.45, 2.75) is 57.5 Å². The number of carbonyl (C=O) groups excluding carboxylic acids is 1. The highest BCUT2D eigenvalue weighted by atomic mass is 16.5. The van der Waals surface area contributed by atoms with E-state index in [1.54, 1.807) is 25.8 Å². The van der Waals surface area contributed by atoms with Crippen molar-refractivity contribution in [3.8, 4) is 6.07 Å². The predicted molar refractivity (Wildman–Crippen MR) is 122 cm³/mol. The van der Waals surface area contributed by atoms with Crippen molar-refractivity contribution in [2.75, 3.05) is 33.4 Å². The quantitative estimate of drug-likeness (QED) is 0.511. The fraction of sp³-hybridized carbons (Fsp3) is 0.583. The first-order chi connectivity index (χ1) is 15.5. The number of methoxy groups -OCH3 is 1. The monoisotopic (exact) mass is 436 g/mol. The zero-order chi connectivity index (χ0) is 22.7. The first kappa shape index (κ1) is 22.4. The summed E-state index contributed by atoms with van der Waals surface area (Å²) in [5.74, 6) is -0.186. The molecule has 0 unspecified atom stereocenters. The van der Waals surface area contributed by atoms with E-state index in [0.29, 0.717) is 25.4 Å². The SMILES string of the molecule is COC[C@H]1CCCN1C(C)(C)C(=C(C#N)C(=O)N1CCCCC1)n1cnc2cnccc21. The Morgan fingerprint density at radius 3 is 2.75 bits per heavy atom. The molecule has 0 aromatic carbocycles. The Hall–Kier alpha value is -2.76. The molecule has 2 fully saturated rings. The molecular weight excluding hydrogens is 404 g/mol. The number of rotatable bonds is 6. The van der Waals surface area contributed by atoms with Crippen molar-refractivity contribution >= 4 is 22.6 Å². The number of imidazole rings is 1. The number of pyridine rings is 1. The van der Waals surface area contributed by atoms with Crippen molar-refractivity contribution in [1.29, 1.82) is 5.26 Å². The van der Waals surface area contributed by atoms with E-state index in [1.165, 1.54) is 0 Å². The molecule has 0 radical (unpaired) electrons. The van der Waals surface area contributed by atoms with Gasteiger partial charge in [-0.15, -0.1) is 0 Å². The number of fused-ring (bicyclic) bond motifs is 1. The number of amides is 1. The van der Waals surface area contributed by atoms with Crippen molar-refractivity contribution in [1.82, 2.24) is 24.3 Å². The van der Waals surface area contributed by atoms with E-state index < -0.39 is 5.54 Å². The Labute approximate surface area is 189 Å². The van der Waals surface area contributed by atoms with Crippen molar-refractivity contribution < 1.29 is 9.53 Å². The molecule has 1 amide bonds. The van der Waals surface area contributed by atoms with Gasteiger partial charge in [-0.1, -0.05) is 0 Å². The van der Waals surface area contributed by atoms with Gasteiger partial charge in [0.05, 0.1) is 29.6 Å². The second-order valence-corrected chi connectivity index (χ2v) is 9.17. The molecular formula is C24H32N6O2. The summed E-state index contributed by atoms with van der Waals surface area (Å²) in [5.41, 5.74) is 1.85. The first-order valence-corrected chi connectivity index (χ1v) is 11.5. The number of piperidine rings is 1. The molecule has 0 N–H and O–H groups in total. The van der Waals surface area contributed by atoms with Gasteiger partial charge in [-0.05, 0) is 58.6 Å². The van der Waals surface area contributed by atoms with Gasteiger partial charge in [0.25, 0.3) is 5.91 Å². The molecule has 2 aliphatic heterocycles. The molecule has 4 heterocycles. The summed E-state index contributed by atoms with van der Waals surface area (Å²) in [6.45, 7) is 7.10. The predicted octanol–water partition coefficient (Wildman–Crippen LogP) is 3.07. The van der Waals surface area contributed by atoms with Crippen LogP contribution in [-0.4, -0.2) is 75.2 Å². The van der Waals surface area contributed by atoms with Crippen LogP contribution < -0.4 is 0 Å². The maximum atomic E-state index is 13.6. The van der Waals surface area contributed by atoms with Crippen molar-refractivity contribution in [3.05, 3.63) is 30.4 Å². The van der Waals surface area contributed by atoms with E-state index in [9.17, 15) is 10.1 Å². The fourth-order valence-electron chi connectivity index (χ4n) is 5.29. The van der Waals surface area contributed by atoms with Gasteiger partial charge in [-0.25, -0.2) is 4.98 Å². The van der Waals surface area contributed by atoms with Gasteiger partial charge in [0, 0.05) is 32.4 Å². The summed E-state index contributed by atoms with van der Waals surface area (Å²) in [6, 6.07) is 4.41. The van der Waals surface area contributed by atoms with Crippen LogP contribution in [0.5, 0.6) is 0 Å². The zero-order valence-corrected chi connectivity index (χ0v) is 19.3. The highest BCUT2D eigenvalue weighted by molar-refractivity contribution is 6.04. The standard InChI is InChI=1S/C24H32N6O2/c1-24(2,30-13-7-8-18(30)16-32-3)22(29-17-27-20-15-26-10-9-21(20)29)19(14-25)23(31)28-11-5-4-6-12-28/h9-10,15,17-18H,4-8,11-13,16H2,1-3H3/t18-/m1/s1. The number of carbonyl (C=O) groups is 1. The molecule has 32 heavy (non-hydrogen) atoms. The topological polar surface area (TPSA) is 87.3 Å². The summed E-state index contributed by atoms with van der Waals surface area (Å²) >= 11 is 0. The van der Waals surface area contributed by atoms with E-state index in [2.05, 4.69) is 34.8 Å². The van der Waals surface area contributed by atoms with Crippen LogP contribution in [-0.2, 0) is 9.53 Å². The molecule has 8 nitrogen and oxygen atoms in total. The number of nitrogens with zero attached hydrogens (tertiary/aromatic N) is 6. The lowest BCUT2D eigenvalue weighted by Crippen LogP contribution is -2.51. The van der Waals surface area contributed by atoms with Crippen LogP contribution in [0.3, 0.4) is 0 Å². The van der Waals surface area contributed by atoms with Gasteiger partial charge >= 0.3 is 0 Å². The van der Waals surface area contributed by atoms with Crippen molar-refractivity contribution in [2.24, 2.45) is 0 Å². The maximum Gasteiger partial charge on any atom is 0.266 e. The van der Waals surface area contributed by atoms with Crippen LogP contribution in [0, 0.1) is 11.3 Å². The molecule has 4 rings (SSSR count). The number of aromatic nitrogens is 3. The molecule has 2 aromatic heterocycles. The minimum absolute atomic E-state index is 0.186. The van der Waals surface area contributed by atoms with Crippen LogP contribution in [0.4, 0.5) is 0 Å². The van der Waals surface area contributed by atoms with Crippen molar-refractivity contribution in [3.63, 3.8) is 0 Å². The summed E-state index contributed by atoms with van der Waals surface area (Å²) < 4.78 is 7.41. The van der Waals surface area contributed by atoms with Gasteiger partial charge in [-0.3, -0.25) is 19.2 Å². The van der Waals surface area contributed by atoms with E-state index in [-0.39, 0.29) is 17.5 Å². The minimum Gasteiger partial charge on any atom is -0.383 e. The Morgan fingerprint density at radius 1 is 1.25 bits per heavy atom. The van der Waals surface area contributed by atoms with Gasteiger partial charge in [-0.2, -0.15) is 5.26 Å². The third-order valence-corrected chi connectivity index (χ3v) is 6.83. The van der Waals surface area contributed by atoms with Crippen LogP contribution in [0.25, 0.3) is 16.7 Å². The van der Waals surface area contributed by atoms with Crippen LogP contribution in [0.2, 0.25) is 0 Å². The first-order valence-electron chi connectivity index (χ1n) is 11.5. The van der Waals surface area contributed by atoms with Gasteiger partial charge in [0.15, 0.2) is 0 Å². The Balaban J connectivity index is 1.89. The fourth-order valence-corrected chi connectivity index (χ4v) is 5.29. The number of likely N-dealkylation sites (tertiary alicyclic amines) is 2. The number of ether oxygens (including phenoxy) is 1. The number of hydrogen-bond donors (Lipinski definition) is 0. The molecule has 170 valence electrons. The second kappa shape index (κ2) is 9.39. The minimum atomic E-state index is -0.590. The van der Waals surface area contributed by atoms with E-state index >= 15 is 0 Å². The molecule has 0 saturated carbocycles. The largest absolute Gasteiger partial charge is 0.383 e. The van der Waals surface area contributed by atoms with Gasteiger partial charge < -0.3 is 9.64 Å². The molecule has 8 heteroatoms. The Bertz CT molecular complexity index is 1040. The molecule has 0 aliphatic carbocycles. The maximum absolute atomic E-state index is 13.6.